The van der Waals surface area contributed by atoms with Crippen molar-refractivity contribution in [3.8, 4) is 0 Å². The summed E-state index contributed by atoms with van der Waals surface area (Å²) in [6, 6.07) is 0. The fourth-order valence-electron chi connectivity index (χ4n) is 0.317. The standard InChI is InChI=1S/C5H9ClO2/c1-2-4(7)5(8)3-6/h4,7H,2-3H2,1H3. The van der Waals surface area contributed by atoms with Crippen LogP contribution in [0.1, 0.15) is 13.3 Å². The van der Waals surface area contributed by atoms with Crippen molar-refractivity contribution in [2.24, 2.45) is 0 Å². The Hall–Kier alpha value is -0.0800. The lowest BCUT2D eigenvalue weighted by Crippen LogP contribution is -2.19. The Balaban J connectivity index is 3.46. The van der Waals surface area contributed by atoms with E-state index in [-0.39, 0.29) is 11.7 Å². The van der Waals surface area contributed by atoms with Crippen molar-refractivity contribution in [1.82, 2.24) is 0 Å². The van der Waals surface area contributed by atoms with Crippen LogP contribution >= 0.6 is 11.6 Å². The van der Waals surface area contributed by atoms with Crippen molar-refractivity contribution in [2.75, 3.05) is 5.88 Å². The molecule has 2 nitrogen and oxygen atoms in total. The number of carbonyl (C=O) groups is 1. The zero-order chi connectivity index (χ0) is 6.57. The minimum absolute atomic E-state index is 0.0883. The molecule has 1 unspecified atom stereocenters. The van der Waals surface area contributed by atoms with Gasteiger partial charge in [-0.25, -0.2) is 0 Å². The molecule has 0 aliphatic heterocycles. The molecule has 0 heterocycles. The summed E-state index contributed by atoms with van der Waals surface area (Å²) in [5.41, 5.74) is 0. The largest absolute Gasteiger partial charge is 0.385 e. The smallest absolute Gasteiger partial charge is 0.175 e. The van der Waals surface area contributed by atoms with Crippen molar-refractivity contribution >= 4 is 17.4 Å². The number of aliphatic hydroxyl groups is 1. The zero-order valence-electron chi connectivity index (χ0n) is 4.72. The first-order valence-corrected chi connectivity index (χ1v) is 3.02. The molecule has 0 radical (unpaired) electrons. The van der Waals surface area contributed by atoms with E-state index in [2.05, 4.69) is 0 Å². The van der Waals surface area contributed by atoms with Gasteiger partial charge in [-0.3, -0.25) is 4.79 Å². The third-order valence-electron chi connectivity index (χ3n) is 0.890. The van der Waals surface area contributed by atoms with Crippen molar-refractivity contribution in [3.63, 3.8) is 0 Å². The van der Waals surface area contributed by atoms with Crippen molar-refractivity contribution < 1.29 is 9.90 Å². The summed E-state index contributed by atoms with van der Waals surface area (Å²) in [4.78, 5) is 10.4. The monoisotopic (exact) mass is 136 g/mol. The molecule has 0 aromatic heterocycles. The molecular formula is C5H9ClO2. The molecule has 3 heteroatoms. The molecule has 0 bridgehead atoms. The van der Waals surface area contributed by atoms with Crippen LogP contribution in [0.15, 0.2) is 0 Å². The van der Waals surface area contributed by atoms with Gasteiger partial charge in [-0.15, -0.1) is 11.6 Å². The Morgan fingerprint density at radius 3 is 2.50 bits per heavy atom. The van der Waals surface area contributed by atoms with Crippen LogP contribution in [-0.2, 0) is 4.79 Å². The molecule has 48 valence electrons. The van der Waals surface area contributed by atoms with Gasteiger partial charge < -0.3 is 5.11 Å². The highest BCUT2D eigenvalue weighted by Gasteiger charge is 2.09. The maximum atomic E-state index is 10.4. The Morgan fingerprint density at radius 1 is 1.88 bits per heavy atom. The average molecular weight is 137 g/mol. The number of aliphatic hydroxyl groups excluding tert-OH is 1. The highest BCUT2D eigenvalue weighted by molar-refractivity contribution is 6.28. The molecule has 0 fully saturated rings. The van der Waals surface area contributed by atoms with Crippen LogP contribution in [0.25, 0.3) is 0 Å². The molecule has 0 spiro atoms. The normalized spacial score (nSPS) is 13.4. The molecule has 0 aromatic carbocycles. The summed E-state index contributed by atoms with van der Waals surface area (Å²) >= 11 is 5.12. The number of hydrogen-bond donors (Lipinski definition) is 1. The minimum atomic E-state index is -0.854. The van der Waals surface area contributed by atoms with Gasteiger partial charge >= 0.3 is 0 Å². The number of halogens is 1. The number of hydrogen-bond acceptors (Lipinski definition) is 2. The second-order valence-corrected chi connectivity index (χ2v) is 1.79. The summed E-state index contributed by atoms with van der Waals surface area (Å²) in [5, 5.41) is 8.69. The lowest BCUT2D eigenvalue weighted by atomic mass is 10.2. The molecule has 0 saturated heterocycles. The van der Waals surface area contributed by atoms with Crippen LogP contribution in [0.5, 0.6) is 0 Å². The highest BCUT2D eigenvalue weighted by atomic mass is 35.5. The fourth-order valence-corrected chi connectivity index (χ4v) is 0.495. The highest BCUT2D eigenvalue weighted by Crippen LogP contribution is 1.92. The van der Waals surface area contributed by atoms with Gasteiger partial charge in [0.05, 0.1) is 5.88 Å². The molecule has 0 saturated carbocycles. The minimum Gasteiger partial charge on any atom is -0.385 e. The summed E-state index contributed by atoms with van der Waals surface area (Å²) < 4.78 is 0. The lowest BCUT2D eigenvalue weighted by Gasteiger charge is -2.00. The summed E-state index contributed by atoms with van der Waals surface area (Å²) in [7, 11) is 0. The molecule has 0 amide bonds. The predicted octanol–water partition coefficient (Wildman–Crippen LogP) is 0.565. The van der Waals surface area contributed by atoms with Gasteiger partial charge in [0.25, 0.3) is 0 Å². The van der Waals surface area contributed by atoms with Gasteiger partial charge in [0.2, 0.25) is 0 Å². The van der Waals surface area contributed by atoms with E-state index in [0.29, 0.717) is 6.42 Å². The van der Waals surface area contributed by atoms with Crippen LogP contribution in [0, 0.1) is 0 Å². The van der Waals surface area contributed by atoms with Crippen molar-refractivity contribution in [2.45, 2.75) is 19.4 Å². The molecule has 1 N–H and O–H groups in total. The molecule has 1 atom stereocenters. The van der Waals surface area contributed by atoms with E-state index < -0.39 is 6.10 Å². The third kappa shape index (κ3) is 2.28. The first-order valence-electron chi connectivity index (χ1n) is 2.49. The second-order valence-electron chi connectivity index (χ2n) is 1.52. The van der Waals surface area contributed by atoms with E-state index >= 15 is 0 Å². The summed E-state index contributed by atoms with van der Waals surface area (Å²) in [6.07, 6.45) is -0.404. The lowest BCUT2D eigenvalue weighted by molar-refractivity contribution is -0.124. The van der Waals surface area contributed by atoms with E-state index in [9.17, 15) is 4.79 Å². The van der Waals surface area contributed by atoms with E-state index in [1.165, 1.54) is 0 Å². The Labute approximate surface area is 53.5 Å². The predicted molar refractivity (Wildman–Crippen MR) is 32.0 cm³/mol. The summed E-state index contributed by atoms with van der Waals surface area (Å²) in [6.45, 7) is 1.73. The Kier molecular flexibility index (Phi) is 3.83. The van der Waals surface area contributed by atoms with Gasteiger partial charge in [-0.1, -0.05) is 6.92 Å². The quantitative estimate of drug-likeness (QED) is 0.576. The maximum Gasteiger partial charge on any atom is 0.175 e. The molecular weight excluding hydrogens is 128 g/mol. The van der Waals surface area contributed by atoms with Gasteiger partial charge in [-0.2, -0.15) is 0 Å². The second kappa shape index (κ2) is 3.87. The number of carbonyl (C=O) groups excluding carboxylic acids is 1. The summed E-state index contributed by atoms with van der Waals surface area (Å²) in [5.74, 6) is -0.385. The molecule has 0 aliphatic carbocycles. The van der Waals surface area contributed by atoms with Crippen LogP contribution in [-0.4, -0.2) is 22.9 Å². The molecule has 0 aromatic rings. The van der Waals surface area contributed by atoms with Gasteiger partial charge in [0.15, 0.2) is 5.78 Å². The van der Waals surface area contributed by atoms with Gasteiger partial charge in [0.1, 0.15) is 6.10 Å². The van der Waals surface area contributed by atoms with Crippen LogP contribution < -0.4 is 0 Å². The third-order valence-corrected chi connectivity index (χ3v) is 1.15. The molecule has 8 heavy (non-hydrogen) atoms. The van der Waals surface area contributed by atoms with Gasteiger partial charge in [-0.05, 0) is 6.42 Å². The Morgan fingerprint density at radius 2 is 2.38 bits per heavy atom. The number of alkyl halides is 1. The Bertz CT molecular complexity index is 82.5. The zero-order valence-corrected chi connectivity index (χ0v) is 5.48. The van der Waals surface area contributed by atoms with Crippen molar-refractivity contribution in [3.05, 3.63) is 0 Å². The first kappa shape index (κ1) is 7.92. The average Bonchev–Trinajstić information content (AvgIpc) is 1.84. The SMILES string of the molecule is CCC(O)C(=O)CCl. The van der Waals surface area contributed by atoms with Gasteiger partial charge in [0, 0.05) is 0 Å². The number of ketones is 1. The van der Waals surface area contributed by atoms with E-state index in [0.717, 1.165) is 0 Å². The molecule has 0 aliphatic rings. The topological polar surface area (TPSA) is 37.3 Å². The van der Waals surface area contributed by atoms with E-state index in [1.807, 2.05) is 0 Å². The number of Topliss-reactive ketones (excluding diaryl/α,β-unsaturated/α-hetero) is 1. The van der Waals surface area contributed by atoms with E-state index in [1.54, 1.807) is 6.92 Å². The van der Waals surface area contributed by atoms with Crippen molar-refractivity contribution in [1.29, 1.82) is 0 Å². The maximum absolute atomic E-state index is 10.4. The number of rotatable bonds is 3. The van der Waals surface area contributed by atoms with Crippen LogP contribution in [0.2, 0.25) is 0 Å². The van der Waals surface area contributed by atoms with Crippen LogP contribution in [0.4, 0.5) is 0 Å². The fraction of sp³-hybridized carbons (Fsp3) is 0.800. The van der Waals surface area contributed by atoms with Crippen LogP contribution in [0.3, 0.4) is 0 Å². The molecule has 0 rings (SSSR count). The van der Waals surface area contributed by atoms with E-state index in [4.69, 9.17) is 16.7 Å². The first-order chi connectivity index (χ1) is 3.72.